The maximum absolute atomic E-state index is 9.40. The molecule has 3 aromatic rings. The fraction of sp³-hybridized carbons (Fsp3) is 0.278. The number of aliphatic hydroxyl groups excluding tert-OH is 1. The Morgan fingerprint density at radius 2 is 1.92 bits per heavy atom. The summed E-state index contributed by atoms with van der Waals surface area (Å²) in [4.78, 5) is 10.4. The Kier molecular flexibility index (Phi) is 5.30. The molecule has 0 aliphatic heterocycles. The van der Waals surface area contributed by atoms with Gasteiger partial charge in [0.05, 0.1) is 12.3 Å². The highest BCUT2D eigenvalue weighted by Crippen LogP contribution is 2.23. The van der Waals surface area contributed by atoms with Crippen molar-refractivity contribution in [1.29, 1.82) is 0 Å². The summed E-state index contributed by atoms with van der Waals surface area (Å²) in [5, 5.41) is 14.0. The van der Waals surface area contributed by atoms with Gasteiger partial charge < -0.3 is 5.11 Å². The predicted octanol–water partition coefficient (Wildman–Crippen LogP) is 1.87. The average molecular weight is 323 g/mol. The molecule has 3 aromatic heterocycles. The third-order valence-electron chi connectivity index (χ3n) is 3.80. The Bertz CT molecular complexity index is 758. The van der Waals surface area contributed by atoms with Crippen LogP contribution in [0, 0.1) is 0 Å². The van der Waals surface area contributed by atoms with Crippen molar-refractivity contribution in [2.24, 2.45) is 7.05 Å². The first-order chi connectivity index (χ1) is 11.8. The van der Waals surface area contributed by atoms with E-state index in [1.54, 1.807) is 18.6 Å². The zero-order chi connectivity index (χ0) is 16.8. The SMILES string of the molecule is Cn1cc(CN(CCO)Cc2cccnc2)c(-c2ccncc2)n1. The molecular formula is C18H21N5O. The van der Waals surface area contributed by atoms with E-state index in [2.05, 4.69) is 20.0 Å². The maximum Gasteiger partial charge on any atom is 0.0969 e. The van der Waals surface area contributed by atoms with E-state index < -0.39 is 0 Å². The van der Waals surface area contributed by atoms with Crippen LogP contribution < -0.4 is 0 Å². The normalized spacial score (nSPS) is 11.1. The van der Waals surface area contributed by atoms with Crippen molar-refractivity contribution in [3.63, 3.8) is 0 Å². The first kappa shape index (κ1) is 16.3. The Hall–Kier alpha value is -2.57. The summed E-state index contributed by atoms with van der Waals surface area (Å²) in [6, 6.07) is 7.90. The van der Waals surface area contributed by atoms with Crippen molar-refractivity contribution in [2.75, 3.05) is 13.2 Å². The third-order valence-corrected chi connectivity index (χ3v) is 3.80. The molecule has 3 rings (SSSR count). The van der Waals surface area contributed by atoms with E-state index in [9.17, 15) is 5.11 Å². The first-order valence-electron chi connectivity index (χ1n) is 7.91. The lowest BCUT2D eigenvalue weighted by atomic mass is 10.1. The molecule has 0 atom stereocenters. The van der Waals surface area contributed by atoms with Gasteiger partial charge in [-0.25, -0.2) is 0 Å². The van der Waals surface area contributed by atoms with Gasteiger partial charge >= 0.3 is 0 Å². The topological polar surface area (TPSA) is 67.1 Å². The smallest absolute Gasteiger partial charge is 0.0969 e. The van der Waals surface area contributed by atoms with E-state index in [1.165, 1.54) is 0 Å². The van der Waals surface area contributed by atoms with Gasteiger partial charge in [0.1, 0.15) is 0 Å². The number of nitrogens with zero attached hydrogens (tertiary/aromatic N) is 5. The maximum atomic E-state index is 9.40. The van der Waals surface area contributed by atoms with Crippen LogP contribution in [0.15, 0.2) is 55.2 Å². The zero-order valence-electron chi connectivity index (χ0n) is 13.7. The lowest BCUT2D eigenvalue weighted by molar-refractivity contribution is 0.184. The number of aliphatic hydroxyl groups is 1. The summed E-state index contributed by atoms with van der Waals surface area (Å²) in [5.41, 5.74) is 4.25. The van der Waals surface area contributed by atoms with Crippen molar-refractivity contribution in [3.8, 4) is 11.3 Å². The van der Waals surface area contributed by atoms with Gasteiger partial charge in [-0.2, -0.15) is 5.10 Å². The minimum absolute atomic E-state index is 0.116. The lowest BCUT2D eigenvalue weighted by Crippen LogP contribution is -2.26. The van der Waals surface area contributed by atoms with Crippen LogP contribution in [0.1, 0.15) is 11.1 Å². The quantitative estimate of drug-likeness (QED) is 0.719. The van der Waals surface area contributed by atoms with Crippen LogP contribution in [-0.2, 0) is 20.1 Å². The second-order valence-corrected chi connectivity index (χ2v) is 5.71. The van der Waals surface area contributed by atoms with Crippen LogP contribution in [0.5, 0.6) is 0 Å². The second-order valence-electron chi connectivity index (χ2n) is 5.71. The van der Waals surface area contributed by atoms with Crippen molar-refractivity contribution in [3.05, 3.63) is 66.4 Å². The highest BCUT2D eigenvalue weighted by molar-refractivity contribution is 5.61. The molecule has 0 unspecified atom stereocenters. The molecule has 0 aromatic carbocycles. The average Bonchev–Trinajstić information content (AvgIpc) is 2.97. The molecule has 124 valence electrons. The summed E-state index contributed by atoms with van der Waals surface area (Å²) in [6.07, 6.45) is 9.20. The van der Waals surface area contributed by atoms with Gasteiger partial charge in [-0.05, 0) is 23.8 Å². The van der Waals surface area contributed by atoms with Crippen molar-refractivity contribution in [1.82, 2.24) is 24.6 Å². The molecule has 6 heteroatoms. The Balaban J connectivity index is 1.82. The van der Waals surface area contributed by atoms with E-state index in [1.807, 2.05) is 48.4 Å². The highest BCUT2D eigenvalue weighted by Gasteiger charge is 2.14. The van der Waals surface area contributed by atoms with Crippen LogP contribution in [0.2, 0.25) is 0 Å². The van der Waals surface area contributed by atoms with Gasteiger partial charge in [-0.15, -0.1) is 0 Å². The van der Waals surface area contributed by atoms with Crippen molar-refractivity contribution in [2.45, 2.75) is 13.1 Å². The molecule has 1 N–H and O–H groups in total. The van der Waals surface area contributed by atoms with Gasteiger partial charge in [0.2, 0.25) is 0 Å². The molecule has 3 heterocycles. The summed E-state index contributed by atoms with van der Waals surface area (Å²) in [7, 11) is 1.92. The van der Waals surface area contributed by atoms with Crippen LogP contribution in [0.3, 0.4) is 0 Å². The molecule has 0 radical (unpaired) electrons. The molecule has 0 amide bonds. The lowest BCUT2D eigenvalue weighted by Gasteiger charge is -2.21. The fourth-order valence-electron chi connectivity index (χ4n) is 2.75. The third kappa shape index (κ3) is 4.04. The molecule has 0 bridgehead atoms. The number of rotatable bonds is 7. The van der Waals surface area contributed by atoms with E-state index in [0.717, 1.165) is 28.9 Å². The molecule has 6 nitrogen and oxygen atoms in total. The Morgan fingerprint density at radius 1 is 1.08 bits per heavy atom. The fourth-order valence-corrected chi connectivity index (χ4v) is 2.75. The Morgan fingerprint density at radius 3 is 2.62 bits per heavy atom. The minimum Gasteiger partial charge on any atom is -0.395 e. The molecule has 0 saturated heterocycles. The van der Waals surface area contributed by atoms with E-state index in [4.69, 9.17) is 0 Å². The van der Waals surface area contributed by atoms with Crippen LogP contribution >= 0.6 is 0 Å². The number of pyridine rings is 2. The zero-order valence-corrected chi connectivity index (χ0v) is 13.7. The molecule has 24 heavy (non-hydrogen) atoms. The molecule has 0 saturated carbocycles. The predicted molar refractivity (Wildman–Crippen MR) is 91.9 cm³/mol. The van der Waals surface area contributed by atoms with Crippen molar-refractivity contribution >= 4 is 0 Å². The molecule has 0 fully saturated rings. The van der Waals surface area contributed by atoms with Crippen LogP contribution in [0.25, 0.3) is 11.3 Å². The summed E-state index contributed by atoms with van der Waals surface area (Å²) < 4.78 is 1.83. The highest BCUT2D eigenvalue weighted by atomic mass is 16.3. The van der Waals surface area contributed by atoms with Gasteiger partial charge in [-0.3, -0.25) is 19.5 Å². The number of aryl methyl sites for hydroxylation is 1. The van der Waals surface area contributed by atoms with Crippen LogP contribution in [-0.4, -0.2) is 42.9 Å². The van der Waals surface area contributed by atoms with E-state index in [-0.39, 0.29) is 6.61 Å². The summed E-state index contributed by atoms with van der Waals surface area (Å²) in [6.45, 7) is 2.16. The summed E-state index contributed by atoms with van der Waals surface area (Å²) >= 11 is 0. The number of aromatic nitrogens is 4. The molecular weight excluding hydrogens is 302 g/mol. The first-order valence-corrected chi connectivity index (χ1v) is 7.91. The standard InChI is InChI=1S/C18H21N5O/c1-22-13-17(18(21-22)16-4-7-19-8-5-16)14-23(9-10-24)12-15-3-2-6-20-11-15/h2-8,11,13,24H,9-10,12,14H2,1H3. The Labute approximate surface area is 141 Å². The molecule has 0 spiro atoms. The van der Waals surface area contributed by atoms with Crippen LogP contribution in [0.4, 0.5) is 0 Å². The van der Waals surface area contributed by atoms with Gasteiger partial charge in [0, 0.05) is 68.8 Å². The second kappa shape index (κ2) is 7.81. The number of hydrogen-bond donors (Lipinski definition) is 1. The summed E-state index contributed by atoms with van der Waals surface area (Å²) in [5.74, 6) is 0. The largest absolute Gasteiger partial charge is 0.395 e. The number of hydrogen-bond acceptors (Lipinski definition) is 5. The molecule has 0 aliphatic carbocycles. The monoisotopic (exact) mass is 323 g/mol. The van der Waals surface area contributed by atoms with E-state index in [0.29, 0.717) is 13.1 Å². The van der Waals surface area contributed by atoms with Gasteiger partial charge in [0.25, 0.3) is 0 Å². The molecule has 0 aliphatic rings. The van der Waals surface area contributed by atoms with Crippen molar-refractivity contribution < 1.29 is 5.11 Å². The van der Waals surface area contributed by atoms with Gasteiger partial charge in [0.15, 0.2) is 0 Å². The van der Waals surface area contributed by atoms with E-state index >= 15 is 0 Å². The minimum atomic E-state index is 0.116. The van der Waals surface area contributed by atoms with Gasteiger partial charge in [-0.1, -0.05) is 6.07 Å².